The van der Waals surface area contributed by atoms with Crippen LogP contribution in [0.15, 0.2) is 18.2 Å². The molecule has 0 saturated carbocycles. The molecule has 7 heteroatoms. The molecular formula is C14H17NO6. The molecule has 0 aromatic heterocycles. The molecule has 1 aromatic rings. The van der Waals surface area contributed by atoms with E-state index in [1.165, 1.54) is 19.1 Å². The second-order valence-corrected chi connectivity index (χ2v) is 4.63. The number of nitrogens with zero attached hydrogens (tertiary/aromatic N) is 1. The van der Waals surface area contributed by atoms with Crippen LogP contribution in [0.1, 0.15) is 11.6 Å². The van der Waals surface area contributed by atoms with E-state index >= 15 is 0 Å². The zero-order chi connectivity index (χ0) is 15.6. The van der Waals surface area contributed by atoms with E-state index in [9.17, 15) is 14.7 Å². The van der Waals surface area contributed by atoms with Crippen molar-refractivity contribution in [1.29, 1.82) is 0 Å². The van der Waals surface area contributed by atoms with E-state index in [4.69, 9.17) is 14.2 Å². The highest BCUT2D eigenvalue weighted by molar-refractivity contribution is 5.83. The van der Waals surface area contributed by atoms with Crippen molar-refractivity contribution in [3.63, 3.8) is 0 Å². The summed E-state index contributed by atoms with van der Waals surface area (Å²) in [5.74, 6) is -0.392. The molecule has 1 fully saturated rings. The maximum Gasteiger partial charge on any atom is 0.335 e. The summed E-state index contributed by atoms with van der Waals surface area (Å²) < 4.78 is 15.6. The van der Waals surface area contributed by atoms with Crippen molar-refractivity contribution < 1.29 is 28.9 Å². The van der Waals surface area contributed by atoms with Gasteiger partial charge in [0.1, 0.15) is 18.1 Å². The summed E-state index contributed by atoms with van der Waals surface area (Å²) in [6.07, 6.45) is -1.14. The molecule has 2 unspecified atom stereocenters. The molecule has 0 bridgehead atoms. The van der Waals surface area contributed by atoms with Crippen molar-refractivity contribution in [1.82, 2.24) is 4.90 Å². The van der Waals surface area contributed by atoms with E-state index in [2.05, 4.69) is 0 Å². The molecule has 2 atom stereocenters. The molecule has 1 N–H and O–H groups in total. The maximum atomic E-state index is 11.8. The number of morpholine rings is 1. The average molecular weight is 295 g/mol. The molecule has 1 heterocycles. The molecule has 7 nitrogen and oxygen atoms in total. The number of methoxy groups -OCH3 is 2. The van der Waals surface area contributed by atoms with Gasteiger partial charge in [0.25, 0.3) is 0 Å². The number of carbonyl (C=O) groups is 2. The zero-order valence-corrected chi connectivity index (χ0v) is 12.0. The van der Waals surface area contributed by atoms with Crippen LogP contribution >= 0.6 is 0 Å². The maximum absolute atomic E-state index is 11.8. The summed E-state index contributed by atoms with van der Waals surface area (Å²) in [5, 5.41) is 9.31. The summed E-state index contributed by atoms with van der Waals surface area (Å²) in [6, 6.07) is 4.24. The van der Waals surface area contributed by atoms with Crippen LogP contribution in [0.5, 0.6) is 11.5 Å². The molecule has 1 aromatic carbocycles. The van der Waals surface area contributed by atoms with E-state index in [0.29, 0.717) is 17.1 Å². The molecule has 0 spiro atoms. The monoisotopic (exact) mass is 295 g/mol. The Balaban J connectivity index is 2.49. The quantitative estimate of drug-likeness (QED) is 0.879. The van der Waals surface area contributed by atoms with Crippen molar-refractivity contribution >= 4 is 11.9 Å². The Morgan fingerprint density at radius 1 is 1.38 bits per heavy atom. The van der Waals surface area contributed by atoms with Crippen molar-refractivity contribution in [2.45, 2.75) is 12.1 Å². The van der Waals surface area contributed by atoms with Gasteiger partial charge in [-0.3, -0.25) is 4.79 Å². The lowest BCUT2D eigenvalue weighted by Crippen LogP contribution is -2.50. The van der Waals surface area contributed by atoms with Gasteiger partial charge in [-0.1, -0.05) is 0 Å². The van der Waals surface area contributed by atoms with Gasteiger partial charge >= 0.3 is 5.97 Å². The molecule has 1 amide bonds. The molecule has 1 aliphatic rings. The lowest BCUT2D eigenvalue weighted by molar-refractivity contribution is -0.171. The van der Waals surface area contributed by atoms with Gasteiger partial charge in [-0.2, -0.15) is 0 Å². The zero-order valence-electron chi connectivity index (χ0n) is 12.0. The Morgan fingerprint density at radius 2 is 2.10 bits per heavy atom. The molecular weight excluding hydrogens is 278 g/mol. The van der Waals surface area contributed by atoms with E-state index in [1.807, 2.05) is 0 Å². The van der Waals surface area contributed by atoms with E-state index < -0.39 is 18.1 Å². The van der Waals surface area contributed by atoms with Crippen LogP contribution in [0.2, 0.25) is 0 Å². The van der Waals surface area contributed by atoms with Crippen LogP contribution in [-0.4, -0.2) is 55.9 Å². The SMILES string of the molecule is COc1ccc(C2C(C(=O)O)OCC(=O)N2C)c(OC)c1. The van der Waals surface area contributed by atoms with Crippen LogP contribution in [0.4, 0.5) is 0 Å². The van der Waals surface area contributed by atoms with E-state index in [1.54, 1.807) is 25.2 Å². The summed E-state index contributed by atoms with van der Waals surface area (Å²) in [6.45, 7) is -0.248. The average Bonchev–Trinajstić information content (AvgIpc) is 2.49. The lowest BCUT2D eigenvalue weighted by atomic mass is 9.97. The number of ether oxygens (including phenoxy) is 3. The number of hydrogen-bond acceptors (Lipinski definition) is 5. The van der Waals surface area contributed by atoms with Crippen LogP contribution < -0.4 is 9.47 Å². The fourth-order valence-electron chi connectivity index (χ4n) is 2.35. The van der Waals surface area contributed by atoms with Crippen molar-refractivity contribution in [3.05, 3.63) is 23.8 Å². The fourth-order valence-corrected chi connectivity index (χ4v) is 2.35. The third kappa shape index (κ3) is 2.78. The van der Waals surface area contributed by atoms with Crippen molar-refractivity contribution in [3.8, 4) is 11.5 Å². The Kier molecular flexibility index (Phi) is 4.32. The van der Waals surface area contributed by atoms with Gasteiger partial charge in [0.2, 0.25) is 5.91 Å². The fraction of sp³-hybridized carbons (Fsp3) is 0.429. The highest BCUT2D eigenvalue weighted by Gasteiger charge is 2.41. The van der Waals surface area contributed by atoms with Gasteiger partial charge in [0.15, 0.2) is 6.10 Å². The summed E-state index contributed by atoms with van der Waals surface area (Å²) in [4.78, 5) is 24.6. The first-order valence-electron chi connectivity index (χ1n) is 6.31. The Bertz CT molecular complexity index is 558. The highest BCUT2D eigenvalue weighted by atomic mass is 16.5. The molecule has 1 saturated heterocycles. The van der Waals surface area contributed by atoms with Crippen molar-refractivity contribution in [2.24, 2.45) is 0 Å². The summed E-state index contributed by atoms with van der Waals surface area (Å²) in [7, 11) is 4.54. The first-order chi connectivity index (χ1) is 9.99. The number of benzene rings is 1. The molecule has 21 heavy (non-hydrogen) atoms. The van der Waals surface area contributed by atoms with E-state index in [0.717, 1.165) is 0 Å². The van der Waals surface area contributed by atoms with Crippen LogP contribution in [0, 0.1) is 0 Å². The minimum absolute atomic E-state index is 0.248. The molecule has 114 valence electrons. The largest absolute Gasteiger partial charge is 0.497 e. The minimum atomic E-state index is -1.14. The second kappa shape index (κ2) is 6.01. The third-order valence-corrected chi connectivity index (χ3v) is 3.49. The number of carbonyl (C=O) groups excluding carboxylic acids is 1. The smallest absolute Gasteiger partial charge is 0.335 e. The Hall–Kier alpha value is -2.28. The molecule has 0 aliphatic carbocycles. The third-order valence-electron chi connectivity index (χ3n) is 3.49. The first kappa shape index (κ1) is 15.1. The van der Waals surface area contributed by atoms with Gasteiger partial charge in [-0.05, 0) is 12.1 Å². The van der Waals surface area contributed by atoms with Gasteiger partial charge in [0, 0.05) is 18.7 Å². The molecule has 0 radical (unpaired) electrons. The van der Waals surface area contributed by atoms with Crippen LogP contribution in [0.3, 0.4) is 0 Å². The van der Waals surface area contributed by atoms with Crippen LogP contribution in [-0.2, 0) is 14.3 Å². The number of carboxylic acid groups (broad SMARTS) is 1. The highest BCUT2D eigenvalue weighted by Crippen LogP contribution is 2.36. The standard InChI is InChI=1S/C14H17NO6/c1-15-11(16)7-21-13(14(17)18)12(15)9-5-4-8(19-2)6-10(9)20-3/h4-6,12-13H,7H2,1-3H3,(H,17,18). The number of amides is 1. The summed E-state index contributed by atoms with van der Waals surface area (Å²) >= 11 is 0. The lowest BCUT2D eigenvalue weighted by Gasteiger charge is -2.37. The van der Waals surface area contributed by atoms with Crippen LogP contribution in [0.25, 0.3) is 0 Å². The number of hydrogen-bond donors (Lipinski definition) is 1. The van der Waals surface area contributed by atoms with Gasteiger partial charge in [-0.15, -0.1) is 0 Å². The number of carboxylic acids is 1. The summed E-state index contributed by atoms with van der Waals surface area (Å²) in [5.41, 5.74) is 0.557. The molecule has 2 rings (SSSR count). The first-order valence-corrected chi connectivity index (χ1v) is 6.31. The van der Waals surface area contributed by atoms with Crippen molar-refractivity contribution in [2.75, 3.05) is 27.9 Å². The second-order valence-electron chi connectivity index (χ2n) is 4.63. The Morgan fingerprint density at radius 3 is 2.67 bits per heavy atom. The normalized spacial score (nSPS) is 22.0. The predicted molar refractivity (Wildman–Crippen MR) is 72.4 cm³/mol. The number of rotatable bonds is 4. The number of aliphatic carboxylic acids is 1. The predicted octanol–water partition coefficient (Wildman–Crippen LogP) is 0.687. The van der Waals surface area contributed by atoms with E-state index in [-0.39, 0.29) is 12.5 Å². The topological polar surface area (TPSA) is 85.3 Å². The Labute approximate surface area is 122 Å². The molecule has 1 aliphatic heterocycles. The minimum Gasteiger partial charge on any atom is -0.497 e. The van der Waals surface area contributed by atoms with Gasteiger partial charge in [-0.25, -0.2) is 4.79 Å². The van der Waals surface area contributed by atoms with Gasteiger partial charge in [0.05, 0.1) is 20.3 Å². The number of likely N-dealkylation sites (N-methyl/N-ethyl adjacent to an activating group) is 1. The van der Waals surface area contributed by atoms with Gasteiger partial charge < -0.3 is 24.2 Å².